The van der Waals surface area contributed by atoms with E-state index >= 15 is 0 Å². The summed E-state index contributed by atoms with van der Waals surface area (Å²) in [7, 11) is 3.47. The maximum Gasteiger partial charge on any atom is 0.320 e. The fourth-order valence-electron chi connectivity index (χ4n) is 1.92. The zero-order chi connectivity index (χ0) is 12.3. The van der Waals surface area contributed by atoms with E-state index in [1.807, 2.05) is 0 Å². The van der Waals surface area contributed by atoms with Gasteiger partial charge >= 0.3 is 6.03 Å². The van der Waals surface area contributed by atoms with E-state index < -0.39 is 0 Å². The number of carbonyl (C=O) groups excluding carboxylic acids is 1. The Kier molecular flexibility index (Phi) is 3.33. The van der Waals surface area contributed by atoms with Crippen LogP contribution in [0.3, 0.4) is 0 Å². The summed E-state index contributed by atoms with van der Waals surface area (Å²) in [5.74, 6) is 0.669. The highest BCUT2D eigenvalue weighted by Gasteiger charge is 2.37. The molecule has 0 aliphatic heterocycles. The summed E-state index contributed by atoms with van der Waals surface area (Å²) in [6, 6.07) is 1.52. The number of anilines is 1. The van der Waals surface area contributed by atoms with E-state index in [-0.39, 0.29) is 11.6 Å². The van der Waals surface area contributed by atoms with Crippen LogP contribution in [0.25, 0.3) is 0 Å². The van der Waals surface area contributed by atoms with Crippen LogP contribution in [0.2, 0.25) is 0 Å². The summed E-state index contributed by atoms with van der Waals surface area (Å²) in [6.07, 6.45) is 4.82. The molecule has 0 radical (unpaired) electrons. The molecule has 1 fully saturated rings. The second-order valence-corrected chi connectivity index (χ2v) is 4.39. The number of carbonyl (C=O) groups is 1. The van der Waals surface area contributed by atoms with E-state index in [0.717, 1.165) is 12.8 Å². The molecule has 0 spiro atoms. The minimum absolute atomic E-state index is 0.149. The summed E-state index contributed by atoms with van der Waals surface area (Å²) in [5.41, 5.74) is -0.149. The minimum atomic E-state index is -0.225. The number of hydrogen-bond acceptors (Lipinski definition) is 3. The molecule has 1 aromatic rings. The van der Waals surface area contributed by atoms with Gasteiger partial charge in [0.2, 0.25) is 0 Å². The molecule has 2 N–H and O–H groups in total. The fraction of sp³-hybridized carbons (Fsp3) is 0.636. The van der Waals surface area contributed by atoms with E-state index in [1.54, 1.807) is 31.1 Å². The van der Waals surface area contributed by atoms with Crippen LogP contribution in [-0.4, -0.2) is 35.1 Å². The number of nitrogens with zero attached hydrogens (tertiary/aromatic N) is 2. The number of urea groups is 1. The lowest BCUT2D eigenvalue weighted by atomic mass is 9.80. The van der Waals surface area contributed by atoms with Crippen molar-refractivity contribution in [1.29, 1.82) is 0 Å². The first kappa shape index (κ1) is 11.9. The number of ether oxygens (including phenoxy) is 1. The van der Waals surface area contributed by atoms with Gasteiger partial charge in [0.1, 0.15) is 5.82 Å². The van der Waals surface area contributed by atoms with Gasteiger partial charge in [-0.2, -0.15) is 5.10 Å². The largest absolute Gasteiger partial charge is 0.376 e. The Hall–Kier alpha value is -1.56. The van der Waals surface area contributed by atoms with E-state index in [9.17, 15) is 4.79 Å². The average molecular weight is 238 g/mol. The van der Waals surface area contributed by atoms with Gasteiger partial charge < -0.3 is 10.1 Å². The highest BCUT2D eigenvalue weighted by atomic mass is 16.5. The van der Waals surface area contributed by atoms with Gasteiger partial charge in [-0.1, -0.05) is 0 Å². The number of aryl methyl sites for hydroxylation is 1. The fourth-order valence-corrected chi connectivity index (χ4v) is 1.92. The maximum atomic E-state index is 11.6. The number of amides is 2. The lowest BCUT2D eigenvalue weighted by molar-refractivity contribution is -0.0671. The molecule has 17 heavy (non-hydrogen) atoms. The van der Waals surface area contributed by atoms with Gasteiger partial charge in [0, 0.05) is 26.8 Å². The summed E-state index contributed by atoms with van der Waals surface area (Å²) in [6.45, 7) is 0.549. The molecule has 2 amide bonds. The third kappa shape index (κ3) is 2.58. The van der Waals surface area contributed by atoms with E-state index in [0.29, 0.717) is 12.4 Å². The standard InChI is InChI=1S/C11H18N4O2/c1-15-9(4-7-13-15)14-10(16)12-8-11(17-2)5-3-6-11/h4,7H,3,5-6,8H2,1-2H3,(H2,12,14,16). The first-order valence-corrected chi connectivity index (χ1v) is 5.73. The Bertz CT molecular complexity index is 392. The Morgan fingerprint density at radius 2 is 2.41 bits per heavy atom. The van der Waals surface area contributed by atoms with Gasteiger partial charge in [-0.05, 0) is 19.3 Å². The van der Waals surface area contributed by atoms with Crippen molar-refractivity contribution >= 4 is 11.8 Å². The van der Waals surface area contributed by atoms with Crippen LogP contribution in [0.1, 0.15) is 19.3 Å². The summed E-state index contributed by atoms with van der Waals surface area (Å²) < 4.78 is 7.03. The predicted molar refractivity (Wildman–Crippen MR) is 63.8 cm³/mol. The van der Waals surface area contributed by atoms with Crippen molar-refractivity contribution in [2.24, 2.45) is 7.05 Å². The van der Waals surface area contributed by atoms with Gasteiger partial charge in [-0.25, -0.2) is 4.79 Å². The van der Waals surface area contributed by atoms with Crippen LogP contribution >= 0.6 is 0 Å². The first-order valence-electron chi connectivity index (χ1n) is 5.73. The van der Waals surface area contributed by atoms with Gasteiger partial charge in [0.25, 0.3) is 0 Å². The molecule has 6 nitrogen and oxygen atoms in total. The average Bonchev–Trinajstić information content (AvgIpc) is 2.64. The van der Waals surface area contributed by atoms with Gasteiger partial charge in [-0.15, -0.1) is 0 Å². The third-order valence-electron chi connectivity index (χ3n) is 3.33. The van der Waals surface area contributed by atoms with Gasteiger partial charge in [0.15, 0.2) is 0 Å². The maximum absolute atomic E-state index is 11.6. The highest BCUT2D eigenvalue weighted by molar-refractivity contribution is 5.88. The molecule has 0 atom stereocenters. The zero-order valence-electron chi connectivity index (χ0n) is 10.2. The Morgan fingerprint density at radius 1 is 1.65 bits per heavy atom. The van der Waals surface area contributed by atoms with E-state index in [1.165, 1.54) is 6.42 Å². The van der Waals surface area contributed by atoms with E-state index in [2.05, 4.69) is 15.7 Å². The summed E-state index contributed by atoms with van der Waals surface area (Å²) in [4.78, 5) is 11.6. The molecule has 1 heterocycles. The lowest BCUT2D eigenvalue weighted by Gasteiger charge is -2.40. The Morgan fingerprint density at radius 3 is 2.88 bits per heavy atom. The molecule has 0 aromatic carbocycles. The first-order chi connectivity index (χ1) is 8.15. The van der Waals surface area contributed by atoms with Crippen LogP contribution in [-0.2, 0) is 11.8 Å². The van der Waals surface area contributed by atoms with Gasteiger partial charge in [-0.3, -0.25) is 10.00 Å². The van der Waals surface area contributed by atoms with Crippen molar-refractivity contribution in [3.63, 3.8) is 0 Å². The van der Waals surface area contributed by atoms with Crippen LogP contribution in [0.4, 0.5) is 10.6 Å². The normalized spacial score (nSPS) is 17.3. The van der Waals surface area contributed by atoms with Gasteiger partial charge in [0.05, 0.1) is 11.8 Å². The molecule has 2 rings (SSSR count). The van der Waals surface area contributed by atoms with Crippen molar-refractivity contribution < 1.29 is 9.53 Å². The summed E-state index contributed by atoms with van der Waals surface area (Å²) in [5, 5.41) is 9.53. The van der Waals surface area contributed by atoms with Crippen molar-refractivity contribution in [2.45, 2.75) is 24.9 Å². The number of aromatic nitrogens is 2. The molecular weight excluding hydrogens is 220 g/mol. The van der Waals surface area contributed by atoms with Crippen molar-refractivity contribution in [3.8, 4) is 0 Å². The molecule has 94 valence electrons. The number of nitrogens with one attached hydrogen (secondary N) is 2. The van der Waals surface area contributed by atoms with Crippen LogP contribution in [0.5, 0.6) is 0 Å². The molecule has 0 saturated heterocycles. The Labute approximate surface area is 100 Å². The second-order valence-electron chi connectivity index (χ2n) is 4.39. The number of methoxy groups -OCH3 is 1. The summed E-state index contributed by atoms with van der Waals surface area (Å²) >= 11 is 0. The van der Waals surface area contributed by atoms with Crippen molar-refractivity contribution in [2.75, 3.05) is 19.0 Å². The van der Waals surface area contributed by atoms with Crippen LogP contribution < -0.4 is 10.6 Å². The quantitative estimate of drug-likeness (QED) is 0.825. The van der Waals surface area contributed by atoms with Crippen LogP contribution in [0, 0.1) is 0 Å². The number of rotatable bonds is 4. The molecule has 1 saturated carbocycles. The molecule has 0 unspecified atom stereocenters. The molecule has 6 heteroatoms. The lowest BCUT2D eigenvalue weighted by Crippen LogP contribution is -2.50. The molecule has 1 aliphatic carbocycles. The molecule has 1 aromatic heterocycles. The van der Waals surface area contributed by atoms with E-state index in [4.69, 9.17) is 4.74 Å². The van der Waals surface area contributed by atoms with Crippen LogP contribution in [0.15, 0.2) is 12.3 Å². The third-order valence-corrected chi connectivity index (χ3v) is 3.33. The monoisotopic (exact) mass is 238 g/mol. The topological polar surface area (TPSA) is 68.2 Å². The molecule has 1 aliphatic rings. The number of hydrogen-bond donors (Lipinski definition) is 2. The second kappa shape index (κ2) is 4.75. The zero-order valence-corrected chi connectivity index (χ0v) is 10.2. The smallest absolute Gasteiger partial charge is 0.320 e. The van der Waals surface area contributed by atoms with Crippen molar-refractivity contribution in [1.82, 2.24) is 15.1 Å². The molecular formula is C11H18N4O2. The predicted octanol–water partition coefficient (Wildman–Crippen LogP) is 1.11. The molecule has 0 bridgehead atoms. The highest BCUT2D eigenvalue weighted by Crippen LogP contribution is 2.34. The Balaban J connectivity index is 1.80. The van der Waals surface area contributed by atoms with Crippen molar-refractivity contribution in [3.05, 3.63) is 12.3 Å². The SMILES string of the molecule is COC1(CNC(=O)Nc2ccnn2C)CCC1. The minimum Gasteiger partial charge on any atom is -0.376 e.